The molecule has 1 aromatic rings. The van der Waals surface area contributed by atoms with E-state index in [1.807, 2.05) is 6.07 Å². The van der Waals surface area contributed by atoms with Crippen LogP contribution in [0.25, 0.3) is 0 Å². The first-order valence-corrected chi connectivity index (χ1v) is 7.37. The second-order valence-corrected chi connectivity index (χ2v) is 6.14. The maximum Gasteiger partial charge on any atom is 0.303 e. The van der Waals surface area contributed by atoms with E-state index in [0.717, 1.165) is 16.6 Å². The van der Waals surface area contributed by atoms with E-state index in [9.17, 15) is 4.79 Å². The molecule has 0 aromatic heterocycles. The van der Waals surface area contributed by atoms with Crippen LogP contribution in [0.4, 0.5) is 5.69 Å². The second-order valence-electron chi connectivity index (χ2n) is 5.28. The molecule has 1 aromatic carbocycles. The number of anilines is 1. The summed E-state index contributed by atoms with van der Waals surface area (Å²) in [5, 5.41) is 21.0. The Morgan fingerprint density at radius 1 is 1.50 bits per heavy atom. The van der Waals surface area contributed by atoms with Gasteiger partial charge in [-0.1, -0.05) is 13.8 Å². The van der Waals surface area contributed by atoms with Crippen LogP contribution in [0.15, 0.2) is 22.7 Å². The third-order valence-electron chi connectivity index (χ3n) is 2.95. The number of carbonyl (C=O) groups is 1. The molecule has 0 bridgehead atoms. The summed E-state index contributed by atoms with van der Waals surface area (Å²) < 4.78 is 0.815. The zero-order valence-corrected chi connectivity index (χ0v) is 13.3. The van der Waals surface area contributed by atoms with Gasteiger partial charge in [0.25, 0.3) is 0 Å². The van der Waals surface area contributed by atoms with Gasteiger partial charge >= 0.3 is 5.97 Å². The Hall–Kier alpha value is -1.54. The van der Waals surface area contributed by atoms with Crippen LogP contribution in [0.3, 0.4) is 0 Å². The molecule has 1 rings (SSSR count). The zero-order chi connectivity index (χ0) is 15.1. The number of halogens is 1. The number of hydrogen-bond donors (Lipinski definition) is 2. The number of benzene rings is 1. The molecule has 2 N–H and O–H groups in total. The number of hydrogen-bond acceptors (Lipinski definition) is 3. The van der Waals surface area contributed by atoms with Gasteiger partial charge in [-0.3, -0.25) is 4.79 Å². The molecule has 0 spiro atoms. The van der Waals surface area contributed by atoms with Crippen molar-refractivity contribution in [2.45, 2.75) is 26.7 Å². The number of nitrogens with zero attached hydrogens (tertiary/aromatic N) is 1. The molecule has 0 radical (unpaired) electrons. The highest BCUT2D eigenvalue weighted by Crippen LogP contribution is 2.25. The molecule has 20 heavy (non-hydrogen) atoms. The van der Waals surface area contributed by atoms with E-state index in [0.29, 0.717) is 18.0 Å². The Morgan fingerprint density at radius 2 is 2.20 bits per heavy atom. The Kier molecular flexibility index (Phi) is 6.53. The smallest absolute Gasteiger partial charge is 0.303 e. The molecule has 4 nitrogen and oxygen atoms in total. The van der Waals surface area contributed by atoms with Gasteiger partial charge in [-0.2, -0.15) is 5.26 Å². The van der Waals surface area contributed by atoms with Gasteiger partial charge in [-0.05, 0) is 52.4 Å². The van der Waals surface area contributed by atoms with Crippen molar-refractivity contribution in [3.63, 3.8) is 0 Å². The molecule has 0 amide bonds. The summed E-state index contributed by atoms with van der Waals surface area (Å²) in [6.07, 6.45) is 1.03. The van der Waals surface area contributed by atoms with Crippen LogP contribution >= 0.6 is 15.9 Å². The molecule has 0 saturated carbocycles. The van der Waals surface area contributed by atoms with Gasteiger partial charge in [-0.15, -0.1) is 0 Å². The minimum Gasteiger partial charge on any atom is -0.481 e. The Balaban J connectivity index is 2.67. The first kappa shape index (κ1) is 16.5. The molecular formula is C15H19BrN2O2. The molecule has 0 aliphatic heterocycles. The van der Waals surface area contributed by atoms with Crippen molar-refractivity contribution in [1.82, 2.24) is 0 Å². The SMILES string of the molecule is CC(C)CC(CNc1ccc(C#N)cc1Br)CC(=O)O. The number of nitrogens with one attached hydrogen (secondary N) is 1. The Labute approximate surface area is 127 Å². The molecule has 0 aliphatic rings. The van der Waals surface area contributed by atoms with Crippen LogP contribution in [-0.4, -0.2) is 17.6 Å². The fraction of sp³-hybridized carbons (Fsp3) is 0.467. The van der Waals surface area contributed by atoms with Crippen molar-refractivity contribution in [1.29, 1.82) is 5.26 Å². The molecule has 0 saturated heterocycles. The topological polar surface area (TPSA) is 73.1 Å². The van der Waals surface area contributed by atoms with Crippen LogP contribution in [0.1, 0.15) is 32.3 Å². The van der Waals surface area contributed by atoms with Crippen molar-refractivity contribution in [3.8, 4) is 6.07 Å². The number of carboxylic acids is 1. The highest BCUT2D eigenvalue weighted by Gasteiger charge is 2.15. The van der Waals surface area contributed by atoms with E-state index in [-0.39, 0.29) is 12.3 Å². The van der Waals surface area contributed by atoms with Crippen molar-refractivity contribution < 1.29 is 9.90 Å². The second kappa shape index (κ2) is 7.91. The number of aliphatic carboxylic acids is 1. The van der Waals surface area contributed by atoms with Gasteiger partial charge < -0.3 is 10.4 Å². The largest absolute Gasteiger partial charge is 0.481 e. The Bertz CT molecular complexity index is 509. The average molecular weight is 339 g/mol. The van der Waals surface area contributed by atoms with Crippen LogP contribution in [0.2, 0.25) is 0 Å². The molecule has 0 aliphatic carbocycles. The first-order chi connectivity index (χ1) is 9.42. The zero-order valence-electron chi connectivity index (χ0n) is 11.7. The number of carboxylic acid groups (broad SMARTS) is 1. The normalized spacial score (nSPS) is 11.9. The maximum absolute atomic E-state index is 10.9. The summed E-state index contributed by atoms with van der Waals surface area (Å²) in [7, 11) is 0. The molecule has 0 fully saturated rings. The molecule has 5 heteroatoms. The van der Waals surface area contributed by atoms with Gasteiger partial charge in [0.1, 0.15) is 0 Å². The van der Waals surface area contributed by atoms with E-state index in [1.54, 1.807) is 12.1 Å². The summed E-state index contributed by atoms with van der Waals surface area (Å²) >= 11 is 3.41. The van der Waals surface area contributed by atoms with Crippen LogP contribution in [-0.2, 0) is 4.79 Å². The van der Waals surface area contributed by atoms with Gasteiger partial charge in [-0.25, -0.2) is 0 Å². The molecule has 1 atom stereocenters. The summed E-state index contributed by atoms with van der Waals surface area (Å²) in [5.74, 6) is -0.211. The van der Waals surface area contributed by atoms with E-state index >= 15 is 0 Å². The van der Waals surface area contributed by atoms with Gasteiger partial charge in [0.05, 0.1) is 11.6 Å². The summed E-state index contributed by atoms with van der Waals surface area (Å²) in [6.45, 7) is 4.79. The summed E-state index contributed by atoms with van der Waals surface area (Å²) in [5.41, 5.74) is 1.47. The third-order valence-corrected chi connectivity index (χ3v) is 3.60. The first-order valence-electron chi connectivity index (χ1n) is 6.57. The van der Waals surface area contributed by atoms with E-state index in [1.165, 1.54) is 0 Å². The fourth-order valence-electron chi connectivity index (χ4n) is 2.13. The van der Waals surface area contributed by atoms with Gasteiger partial charge in [0.2, 0.25) is 0 Å². The predicted octanol–water partition coefficient (Wildman–Crippen LogP) is 3.87. The average Bonchev–Trinajstić information content (AvgIpc) is 2.35. The summed E-state index contributed by atoms with van der Waals surface area (Å²) in [6, 6.07) is 7.39. The van der Waals surface area contributed by atoms with Crippen molar-refractivity contribution in [3.05, 3.63) is 28.2 Å². The highest BCUT2D eigenvalue weighted by molar-refractivity contribution is 9.10. The van der Waals surface area contributed by atoms with Crippen molar-refractivity contribution in [2.75, 3.05) is 11.9 Å². The van der Waals surface area contributed by atoms with Crippen LogP contribution in [0.5, 0.6) is 0 Å². The number of rotatable bonds is 7. The quantitative estimate of drug-likeness (QED) is 0.791. The standard InChI is InChI=1S/C15H19BrN2O2/c1-10(2)5-12(7-15(19)20)9-18-14-4-3-11(8-17)6-13(14)16/h3-4,6,10,12,18H,5,7,9H2,1-2H3,(H,19,20). The molecule has 108 valence electrons. The lowest BCUT2D eigenvalue weighted by atomic mass is 9.94. The van der Waals surface area contributed by atoms with Crippen molar-refractivity contribution >= 4 is 27.6 Å². The van der Waals surface area contributed by atoms with Gasteiger partial charge in [0, 0.05) is 23.1 Å². The molecule has 1 unspecified atom stereocenters. The third kappa shape index (κ3) is 5.62. The minimum atomic E-state index is -0.767. The van der Waals surface area contributed by atoms with Crippen LogP contribution < -0.4 is 5.32 Å². The predicted molar refractivity (Wildman–Crippen MR) is 82.5 cm³/mol. The van der Waals surface area contributed by atoms with Crippen LogP contribution in [0, 0.1) is 23.2 Å². The number of nitriles is 1. The highest BCUT2D eigenvalue weighted by atomic mass is 79.9. The lowest BCUT2D eigenvalue weighted by Gasteiger charge is -2.19. The lowest BCUT2D eigenvalue weighted by Crippen LogP contribution is -2.19. The van der Waals surface area contributed by atoms with E-state index in [2.05, 4.69) is 41.2 Å². The monoisotopic (exact) mass is 338 g/mol. The van der Waals surface area contributed by atoms with E-state index in [4.69, 9.17) is 10.4 Å². The minimum absolute atomic E-state index is 0.0926. The Morgan fingerprint density at radius 3 is 2.70 bits per heavy atom. The summed E-state index contributed by atoms with van der Waals surface area (Å²) in [4.78, 5) is 10.9. The van der Waals surface area contributed by atoms with E-state index < -0.39 is 5.97 Å². The maximum atomic E-state index is 10.9. The van der Waals surface area contributed by atoms with Gasteiger partial charge in [0.15, 0.2) is 0 Å². The lowest BCUT2D eigenvalue weighted by molar-refractivity contribution is -0.138. The van der Waals surface area contributed by atoms with Crippen molar-refractivity contribution in [2.24, 2.45) is 11.8 Å². The fourth-order valence-corrected chi connectivity index (χ4v) is 2.65. The molecule has 0 heterocycles. The molecular weight excluding hydrogens is 320 g/mol.